The smallest absolute Gasteiger partial charge is 0.208 e. The Morgan fingerprint density at radius 1 is 1.31 bits per heavy atom. The quantitative estimate of drug-likeness (QED) is 0.854. The molecule has 1 aromatic heterocycles. The molecule has 0 aliphatic carbocycles. The van der Waals surface area contributed by atoms with Crippen molar-refractivity contribution >= 4 is 0 Å². The van der Waals surface area contributed by atoms with Crippen LogP contribution in [0.5, 0.6) is 5.75 Å². The normalized spacial score (nSPS) is 10.4. The van der Waals surface area contributed by atoms with Crippen LogP contribution in [0.3, 0.4) is 0 Å². The molecule has 0 fully saturated rings. The van der Waals surface area contributed by atoms with Crippen molar-refractivity contribution < 1.29 is 9.15 Å². The number of hydrogen-bond donors (Lipinski definition) is 1. The predicted molar refractivity (Wildman–Crippen MR) is 61.0 cm³/mol. The number of ether oxygens (including phenoxy) is 1. The number of benzene rings is 1. The molecule has 0 aliphatic heterocycles. The van der Waals surface area contributed by atoms with Gasteiger partial charge in [-0.3, -0.25) is 0 Å². The summed E-state index contributed by atoms with van der Waals surface area (Å²) in [6, 6.07) is 7.72. The van der Waals surface area contributed by atoms with Crippen LogP contribution in [0.15, 0.2) is 34.9 Å². The van der Waals surface area contributed by atoms with Gasteiger partial charge in [0.1, 0.15) is 17.7 Å². The van der Waals surface area contributed by atoms with Crippen molar-refractivity contribution in [3.63, 3.8) is 0 Å². The van der Waals surface area contributed by atoms with Gasteiger partial charge in [0.25, 0.3) is 0 Å². The van der Waals surface area contributed by atoms with E-state index >= 15 is 0 Å². The Balaban J connectivity index is 2.20. The number of nitrogens with two attached hydrogens (primary N) is 1. The third kappa shape index (κ3) is 2.23. The van der Waals surface area contributed by atoms with Crippen LogP contribution in [0.2, 0.25) is 0 Å². The Kier molecular flexibility index (Phi) is 3.22. The van der Waals surface area contributed by atoms with Gasteiger partial charge in [-0.25, -0.2) is 4.98 Å². The molecule has 84 valence electrons. The molecule has 2 aromatic rings. The van der Waals surface area contributed by atoms with Gasteiger partial charge in [0.2, 0.25) is 5.89 Å². The molecule has 2 rings (SSSR count). The largest absolute Gasteiger partial charge is 0.494 e. The summed E-state index contributed by atoms with van der Waals surface area (Å²) in [5.41, 5.74) is 7.22. The minimum atomic E-state index is 0.316. The maximum Gasteiger partial charge on any atom is 0.208 e. The lowest BCUT2D eigenvalue weighted by atomic mass is 10.2. The van der Waals surface area contributed by atoms with Crippen molar-refractivity contribution in [3.05, 3.63) is 36.4 Å². The van der Waals surface area contributed by atoms with Gasteiger partial charge in [-0.15, -0.1) is 0 Å². The molecule has 0 unspecified atom stereocenters. The first-order valence-electron chi connectivity index (χ1n) is 5.21. The van der Waals surface area contributed by atoms with Crippen LogP contribution in [0.1, 0.15) is 12.8 Å². The lowest BCUT2D eigenvalue weighted by molar-refractivity contribution is 0.340. The number of oxazole rings is 1. The molecule has 0 aliphatic rings. The highest BCUT2D eigenvalue weighted by Crippen LogP contribution is 2.21. The van der Waals surface area contributed by atoms with Gasteiger partial charge in [0, 0.05) is 5.56 Å². The average Bonchev–Trinajstić information content (AvgIpc) is 2.79. The molecule has 2 N–H and O–H groups in total. The fourth-order valence-electron chi connectivity index (χ4n) is 1.43. The van der Waals surface area contributed by atoms with E-state index in [1.54, 1.807) is 6.26 Å². The summed E-state index contributed by atoms with van der Waals surface area (Å²) >= 11 is 0. The van der Waals surface area contributed by atoms with Crippen LogP contribution in [-0.4, -0.2) is 11.6 Å². The average molecular weight is 218 g/mol. The first-order chi connectivity index (χ1) is 7.83. The summed E-state index contributed by atoms with van der Waals surface area (Å²) in [5.74, 6) is 1.40. The second kappa shape index (κ2) is 4.81. The summed E-state index contributed by atoms with van der Waals surface area (Å²) in [5, 5.41) is 0. The highest BCUT2D eigenvalue weighted by atomic mass is 16.5. The highest BCUT2D eigenvalue weighted by molar-refractivity contribution is 5.58. The molecule has 4 nitrogen and oxygen atoms in total. The number of aromatic nitrogens is 1. The Hall–Kier alpha value is -1.81. The molecular weight excluding hydrogens is 204 g/mol. The Bertz CT molecular complexity index is 448. The fraction of sp³-hybridized carbons (Fsp3) is 0.250. The van der Waals surface area contributed by atoms with E-state index in [2.05, 4.69) is 4.98 Å². The fourth-order valence-corrected chi connectivity index (χ4v) is 1.43. The van der Waals surface area contributed by atoms with Gasteiger partial charge in [-0.05, 0) is 31.2 Å². The molecule has 4 heteroatoms. The van der Waals surface area contributed by atoms with E-state index in [9.17, 15) is 0 Å². The van der Waals surface area contributed by atoms with Crippen LogP contribution in [0.25, 0.3) is 11.3 Å². The van der Waals surface area contributed by atoms with Crippen molar-refractivity contribution in [1.29, 1.82) is 0 Å². The van der Waals surface area contributed by atoms with E-state index in [1.165, 1.54) is 0 Å². The number of nitrogens with zero attached hydrogens (tertiary/aromatic N) is 1. The monoisotopic (exact) mass is 218 g/mol. The zero-order chi connectivity index (χ0) is 11.4. The SMILES string of the molecule is CCOc1ccc(-c2coc(CN)n2)cc1. The Morgan fingerprint density at radius 2 is 2.06 bits per heavy atom. The van der Waals surface area contributed by atoms with Gasteiger partial charge < -0.3 is 14.9 Å². The van der Waals surface area contributed by atoms with Crippen molar-refractivity contribution in [1.82, 2.24) is 4.98 Å². The van der Waals surface area contributed by atoms with E-state index in [0.29, 0.717) is 19.0 Å². The third-order valence-corrected chi connectivity index (χ3v) is 2.19. The van der Waals surface area contributed by atoms with Gasteiger partial charge in [-0.2, -0.15) is 0 Å². The summed E-state index contributed by atoms with van der Waals surface area (Å²) in [6.07, 6.45) is 1.61. The summed E-state index contributed by atoms with van der Waals surface area (Å²) in [4.78, 5) is 4.24. The van der Waals surface area contributed by atoms with Gasteiger partial charge in [0.05, 0.1) is 13.2 Å². The van der Waals surface area contributed by atoms with Crippen molar-refractivity contribution in [2.75, 3.05) is 6.61 Å². The second-order valence-electron chi connectivity index (χ2n) is 3.29. The lowest BCUT2D eigenvalue weighted by Crippen LogP contribution is -1.95. The number of rotatable bonds is 4. The van der Waals surface area contributed by atoms with E-state index in [-0.39, 0.29) is 0 Å². The van der Waals surface area contributed by atoms with Crippen molar-refractivity contribution in [2.24, 2.45) is 5.73 Å². The van der Waals surface area contributed by atoms with Gasteiger partial charge >= 0.3 is 0 Å². The Labute approximate surface area is 94.1 Å². The minimum Gasteiger partial charge on any atom is -0.494 e. The van der Waals surface area contributed by atoms with Crippen LogP contribution >= 0.6 is 0 Å². The molecule has 0 radical (unpaired) electrons. The lowest BCUT2D eigenvalue weighted by Gasteiger charge is -2.02. The van der Waals surface area contributed by atoms with Crippen molar-refractivity contribution in [2.45, 2.75) is 13.5 Å². The first-order valence-corrected chi connectivity index (χ1v) is 5.21. The minimum absolute atomic E-state index is 0.316. The highest BCUT2D eigenvalue weighted by Gasteiger charge is 2.04. The molecule has 0 saturated carbocycles. The van der Waals surface area contributed by atoms with Crippen LogP contribution in [-0.2, 0) is 6.54 Å². The second-order valence-corrected chi connectivity index (χ2v) is 3.29. The Morgan fingerprint density at radius 3 is 2.62 bits per heavy atom. The molecule has 16 heavy (non-hydrogen) atoms. The van der Waals surface area contributed by atoms with E-state index < -0.39 is 0 Å². The topological polar surface area (TPSA) is 61.3 Å². The maximum atomic E-state index is 5.43. The first kappa shape index (κ1) is 10.7. The molecule has 1 aromatic carbocycles. The number of hydrogen-bond acceptors (Lipinski definition) is 4. The maximum absolute atomic E-state index is 5.43. The molecule has 0 saturated heterocycles. The van der Waals surface area contributed by atoms with Gasteiger partial charge in [0.15, 0.2) is 0 Å². The predicted octanol–water partition coefficient (Wildman–Crippen LogP) is 2.20. The van der Waals surface area contributed by atoms with Gasteiger partial charge in [-0.1, -0.05) is 0 Å². The summed E-state index contributed by atoms with van der Waals surface area (Å²) in [6.45, 7) is 2.94. The summed E-state index contributed by atoms with van der Waals surface area (Å²) in [7, 11) is 0. The molecule has 0 amide bonds. The molecule has 0 bridgehead atoms. The zero-order valence-electron chi connectivity index (χ0n) is 9.14. The molecule has 0 atom stereocenters. The third-order valence-electron chi connectivity index (χ3n) is 2.19. The van der Waals surface area contributed by atoms with Crippen LogP contribution in [0, 0.1) is 0 Å². The summed E-state index contributed by atoms with van der Waals surface area (Å²) < 4.78 is 10.5. The van der Waals surface area contributed by atoms with E-state index in [0.717, 1.165) is 17.0 Å². The van der Waals surface area contributed by atoms with Crippen LogP contribution in [0.4, 0.5) is 0 Å². The van der Waals surface area contributed by atoms with Crippen molar-refractivity contribution in [3.8, 4) is 17.0 Å². The van der Waals surface area contributed by atoms with E-state index in [1.807, 2.05) is 31.2 Å². The molecule has 0 spiro atoms. The zero-order valence-corrected chi connectivity index (χ0v) is 9.14. The van der Waals surface area contributed by atoms with Crippen LogP contribution < -0.4 is 10.5 Å². The molecule has 1 heterocycles. The molecular formula is C12H14N2O2. The standard InChI is InChI=1S/C12H14N2O2/c1-2-15-10-5-3-9(4-6-10)11-8-16-12(7-13)14-11/h3-6,8H,2,7,13H2,1H3. The van der Waals surface area contributed by atoms with E-state index in [4.69, 9.17) is 14.9 Å².